The van der Waals surface area contributed by atoms with Crippen LogP contribution in [0.5, 0.6) is 0 Å². The quantitative estimate of drug-likeness (QED) is 0.506. The summed E-state index contributed by atoms with van der Waals surface area (Å²) in [5, 5.41) is 5.05. The molecule has 0 saturated carbocycles. The van der Waals surface area contributed by atoms with Gasteiger partial charge in [0.25, 0.3) is 0 Å². The molecule has 0 saturated heterocycles. The van der Waals surface area contributed by atoms with Crippen molar-refractivity contribution in [2.75, 3.05) is 11.9 Å². The van der Waals surface area contributed by atoms with Gasteiger partial charge in [-0.25, -0.2) is 9.97 Å². The van der Waals surface area contributed by atoms with E-state index in [2.05, 4.69) is 29.0 Å². The maximum absolute atomic E-state index is 5.43. The van der Waals surface area contributed by atoms with E-state index in [1.54, 1.807) is 12.4 Å². The minimum Gasteiger partial charge on any atom is -0.350 e. The van der Waals surface area contributed by atoms with E-state index in [9.17, 15) is 0 Å². The first-order chi connectivity index (χ1) is 13.6. The Morgan fingerprint density at radius 3 is 2.68 bits per heavy atom. The largest absolute Gasteiger partial charge is 0.350 e. The average molecular weight is 374 g/mol. The second-order valence-electron chi connectivity index (χ2n) is 7.19. The van der Waals surface area contributed by atoms with Crippen molar-refractivity contribution in [1.29, 1.82) is 0 Å². The summed E-state index contributed by atoms with van der Waals surface area (Å²) in [6.45, 7) is 4.74. The first-order valence-electron chi connectivity index (χ1n) is 9.30. The van der Waals surface area contributed by atoms with Crippen LogP contribution in [0.25, 0.3) is 22.3 Å². The van der Waals surface area contributed by atoms with E-state index in [0.29, 0.717) is 24.2 Å². The molecule has 28 heavy (non-hydrogen) atoms. The van der Waals surface area contributed by atoms with E-state index in [1.807, 2.05) is 48.3 Å². The number of rotatable bonds is 6. The Kier molecular flexibility index (Phi) is 4.97. The minimum absolute atomic E-state index is 0.471. The van der Waals surface area contributed by atoms with E-state index in [4.69, 9.17) is 14.5 Å². The van der Waals surface area contributed by atoms with Gasteiger partial charge in [0.1, 0.15) is 5.82 Å². The predicted molar refractivity (Wildman–Crippen MR) is 108 cm³/mol. The van der Waals surface area contributed by atoms with E-state index in [1.165, 1.54) is 0 Å². The van der Waals surface area contributed by atoms with Gasteiger partial charge in [0.15, 0.2) is 11.6 Å². The zero-order valence-corrected chi connectivity index (χ0v) is 16.2. The Hall–Kier alpha value is -3.35. The smallest absolute Gasteiger partial charge is 0.246 e. The van der Waals surface area contributed by atoms with Crippen molar-refractivity contribution >= 4 is 16.7 Å². The summed E-state index contributed by atoms with van der Waals surface area (Å²) >= 11 is 0. The number of fused-ring (bicyclic) bond motifs is 1. The van der Waals surface area contributed by atoms with Crippen LogP contribution in [0.4, 0.5) is 5.82 Å². The highest BCUT2D eigenvalue weighted by Gasteiger charge is 2.16. The SMILES string of the molecule is CC(C)Cc1noc(CN(C)c2nc(-c3cccnc3)nc3ccccc23)n1. The predicted octanol–water partition coefficient (Wildman–Crippen LogP) is 3.91. The number of para-hydroxylation sites is 1. The van der Waals surface area contributed by atoms with Gasteiger partial charge in [-0.05, 0) is 30.2 Å². The number of hydrogen-bond acceptors (Lipinski definition) is 7. The van der Waals surface area contributed by atoms with Crippen molar-refractivity contribution in [3.8, 4) is 11.4 Å². The molecule has 0 aliphatic rings. The zero-order valence-electron chi connectivity index (χ0n) is 16.2. The summed E-state index contributed by atoms with van der Waals surface area (Å²) in [5.41, 5.74) is 1.75. The summed E-state index contributed by atoms with van der Waals surface area (Å²) in [6.07, 6.45) is 4.31. The van der Waals surface area contributed by atoms with Crippen molar-refractivity contribution in [2.45, 2.75) is 26.8 Å². The molecule has 0 fully saturated rings. The molecule has 0 aliphatic heterocycles. The molecule has 0 spiro atoms. The van der Waals surface area contributed by atoms with Crippen LogP contribution in [0, 0.1) is 5.92 Å². The lowest BCUT2D eigenvalue weighted by Crippen LogP contribution is -2.19. The molecule has 0 atom stereocenters. The van der Waals surface area contributed by atoms with Crippen molar-refractivity contribution < 1.29 is 4.52 Å². The summed E-state index contributed by atoms with van der Waals surface area (Å²) in [5.74, 6) is 3.24. The molecule has 4 aromatic rings. The van der Waals surface area contributed by atoms with Crippen LogP contribution in [0.1, 0.15) is 25.6 Å². The Morgan fingerprint density at radius 1 is 1.04 bits per heavy atom. The average Bonchev–Trinajstić information content (AvgIpc) is 3.13. The van der Waals surface area contributed by atoms with Gasteiger partial charge in [0, 0.05) is 36.8 Å². The Labute approximate surface area is 163 Å². The van der Waals surface area contributed by atoms with Crippen molar-refractivity contribution in [2.24, 2.45) is 5.92 Å². The lowest BCUT2D eigenvalue weighted by atomic mass is 10.1. The number of hydrogen-bond donors (Lipinski definition) is 0. The minimum atomic E-state index is 0.471. The van der Waals surface area contributed by atoms with Crippen LogP contribution in [-0.4, -0.2) is 32.1 Å². The molecule has 3 heterocycles. The molecule has 0 radical (unpaired) electrons. The number of pyridine rings is 1. The number of nitrogens with zero attached hydrogens (tertiary/aromatic N) is 6. The topological polar surface area (TPSA) is 80.8 Å². The fourth-order valence-corrected chi connectivity index (χ4v) is 3.06. The monoisotopic (exact) mass is 374 g/mol. The normalized spacial score (nSPS) is 11.3. The van der Waals surface area contributed by atoms with Crippen LogP contribution in [-0.2, 0) is 13.0 Å². The van der Waals surface area contributed by atoms with E-state index < -0.39 is 0 Å². The Morgan fingerprint density at radius 2 is 1.89 bits per heavy atom. The van der Waals surface area contributed by atoms with Gasteiger partial charge in [-0.15, -0.1) is 0 Å². The van der Waals surface area contributed by atoms with Gasteiger partial charge in [-0.3, -0.25) is 4.98 Å². The van der Waals surface area contributed by atoms with Gasteiger partial charge in [-0.1, -0.05) is 31.1 Å². The lowest BCUT2D eigenvalue weighted by Gasteiger charge is -2.18. The third-order valence-corrected chi connectivity index (χ3v) is 4.34. The molecule has 1 aromatic carbocycles. The highest BCUT2D eigenvalue weighted by atomic mass is 16.5. The van der Waals surface area contributed by atoms with Gasteiger partial charge < -0.3 is 9.42 Å². The second-order valence-corrected chi connectivity index (χ2v) is 7.19. The zero-order chi connectivity index (χ0) is 19.5. The van der Waals surface area contributed by atoms with Gasteiger partial charge in [-0.2, -0.15) is 4.98 Å². The van der Waals surface area contributed by atoms with Crippen LogP contribution in [0.15, 0.2) is 53.3 Å². The van der Waals surface area contributed by atoms with Crippen LogP contribution in [0.2, 0.25) is 0 Å². The molecule has 0 bridgehead atoms. The third kappa shape index (κ3) is 3.83. The van der Waals surface area contributed by atoms with Gasteiger partial charge >= 0.3 is 0 Å². The molecule has 142 valence electrons. The Bertz CT molecular complexity index is 1080. The molecule has 0 aliphatic carbocycles. The molecular weight excluding hydrogens is 352 g/mol. The summed E-state index contributed by atoms with van der Waals surface area (Å²) in [7, 11) is 1.97. The molecule has 0 N–H and O–H groups in total. The Balaban J connectivity index is 1.69. The van der Waals surface area contributed by atoms with E-state index in [-0.39, 0.29) is 0 Å². The standard InChI is InChI=1S/C21H22N6O/c1-14(2)11-18-24-19(28-26-18)13-27(3)21-16-8-4-5-9-17(16)23-20(25-21)15-7-6-10-22-12-15/h4-10,12,14H,11,13H2,1-3H3. The molecular formula is C21H22N6O. The fourth-order valence-electron chi connectivity index (χ4n) is 3.06. The van der Waals surface area contributed by atoms with Crippen molar-refractivity contribution in [3.05, 3.63) is 60.5 Å². The molecule has 7 nitrogen and oxygen atoms in total. The number of aromatic nitrogens is 5. The van der Waals surface area contributed by atoms with Crippen LogP contribution < -0.4 is 4.90 Å². The maximum Gasteiger partial charge on any atom is 0.246 e. The van der Waals surface area contributed by atoms with Crippen molar-refractivity contribution in [3.63, 3.8) is 0 Å². The van der Waals surface area contributed by atoms with E-state index in [0.717, 1.165) is 34.5 Å². The van der Waals surface area contributed by atoms with Gasteiger partial charge in [0.2, 0.25) is 5.89 Å². The number of benzene rings is 1. The molecule has 0 amide bonds. The number of anilines is 1. The lowest BCUT2D eigenvalue weighted by molar-refractivity contribution is 0.370. The molecule has 0 unspecified atom stereocenters. The summed E-state index contributed by atoms with van der Waals surface area (Å²) in [6, 6.07) is 11.8. The van der Waals surface area contributed by atoms with Crippen molar-refractivity contribution in [1.82, 2.24) is 25.1 Å². The van der Waals surface area contributed by atoms with Crippen LogP contribution >= 0.6 is 0 Å². The van der Waals surface area contributed by atoms with E-state index >= 15 is 0 Å². The summed E-state index contributed by atoms with van der Waals surface area (Å²) < 4.78 is 5.43. The highest BCUT2D eigenvalue weighted by Crippen LogP contribution is 2.27. The molecule has 3 aromatic heterocycles. The highest BCUT2D eigenvalue weighted by molar-refractivity contribution is 5.90. The summed E-state index contributed by atoms with van der Waals surface area (Å²) in [4.78, 5) is 20.2. The molecule has 4 rings (SSSR count). The third-order valence-electron chi connectivity index (χ3n) is 4.34. The fraction of sp³-hybridized carbons (Fsp3) is 0.286. The molecule has 7 heteroatoms. The van der Waals surface area contributed by atoms with Gasteiger partial charge in [0.05, 0.1) is 12.1 Å². The first-order valence-corrected chi connectivity index (χ1v) is 9.30. The first kappa shape index (κ1) is 18.0. The maximum atomic E-state index is 5.43. The van der Waals surface area contributed by atoms with Crippen LogP contribution in [0.3, 0.4) is 0 Å². The second kappa shape index (κ2) is 7.72.